The maximum Gasteiger partial charge on any atom is 0.231 e. The molecule has 0 aromatic heterocycles. The molecule has 0 radical (unpaired) electrons. The summed E-state index contributed by atoms with van der Waals surface area (Å²) in [6.07, 6.45) is 7.77. The fraction of sp³-hybridized carbons (Fsp3) is 0.571. The first-order valence-electron chi connectivity index (χ1n) is 6.68. The summed E-state index contributed by atoms with van der Waals surface area (Å²) in [5.74, 6) is 1.53. The molecule has 1 saturated carbocycles. The van der Waals surface area contributed by atoms with E-state index in [2.05, 4.69) is 5.32 Å². The highest BCUT2D eigenvalue weighted by Crippen LogP contribution is 2.39. The number of fused-ring (bicyclic) bond motifs is 1. The van der Waals surface area contributed by atoms with Gasteiger partial charge >= 0.3 is 0 Å². The number of nitrogens with one attached hydrogen (secondary N) is 1. The Morgan fingerprint density at radius 3 is 2.39 bits per heavy atom. The molecule has 1 N–H and O–H groups in total. The summed E-state index contributed by atoms with van der Waals surface area (Å²) in [5.41, 5.74) is 0.966. The van der Waals surface area contributed by atoms with Gasteiger partial charge in [0.05, 0.1) is 10.7 Å². The van der Waals surface area contributed by atoms with Gasteiger partial charge in [0.1, 0.15) is 0 Å². The van der Waals surface area contributed by atoms with Gasteiger partial charge in [0, 0.05) is 18.2 Å². The van der Waals surface area contributed by atoms with E-state index in [9.17, 15) is 0 Å². The Morgan fingerprint density at radius 1 is 1.00 bits per heavy atom. The average Bonchev–Trinajstić information content (AvgIpc) is 2.65. The van der Waals surface area contributed by atoms with Crippen molar-refractivity contribution in [1.29, 1.82) is 0 Å². The Bertz CT molecular complexity index is 428. The number of hydrogen-bond acceptors (Lipinski definition) is 3. The molecule has 18 heavy (non-hydrogen) atoms. The number of halogens is 1. The molecule has 3 nitrogen and oxygen atoms in total. The monoisotopic (exact) mass is 267 g/mol. The average molecular weight is 268 g/mol. The highest BCUT2D eigenvalue weighted by atomic mass is 35.5. The van der Waals surface area contributed by atoms with Gasteiger partial charge in [0.25, 0.3) is 0 Å². The molecule has 1 aliphatic carbocycles. The summed E-state index contributed by atoms with van der Waals surface area (Å²) < 4.78 is 10.7. The predicted octanol–water partition coefficient (Wildman–Crippen LogP) is 4.20. The molecule has 0 atom stereocenters. The predicted molar refractivity (Wildman–Crippen MR) is 72.7 cm³/mol. The summed E-state index contributed by atoms with van der Waals surface area (Å²) in [6, 6.07) is 4.32. The Balaban J connectivity index is 1.75. The maximum absolute atomic E-state index is 6.27. The fourth-order valence-electron chi connectivity index (χ4n) is 2.67. The van der Waals surface area contributed by atoms with E-state index < -0.39 is 0 Å². The van der Waals surface area contributed by atoms with Gasteiger partial charge in [0.15, 0.2) is 11.5 Å². The van der Waals surface area contributed by atoms with E-state index in [0.717, 1.165) is 17.2 Å². The van der Waals surface area contributed by atoms with Gasteiger partial charge < -0.3 is 14.8 Å². The number of rotatable bonds is 2. The molecular formula is C14H18ClNO2. The molecule has 0 bridgehead atoms. The standard InChI is InChI=1S/C14H18ClNO2/c15-11-7-13-14(18-9-17-13)8-12(11)16-10-5-3-1-2-4-6-10/h7-8,10,16H,1-6,9H2. The van der Waals surface area contributed by atoms with Gasteiger partial charge in [-0.15, -0.1) is 0 Å². The Morgan fingerprint density at radius 2 is 1.67 bits per heavy atom. The van der Waals surface area contributed by atoms with Gasteiger partial charge in [-0.2, -0.15) is 0 Å². The van der Waals surface area contributed by atoms with Crippen molar-refractivity contribution in [2.24, 2.45) is 0 Å². The van der Waals surface area contributed by atoms with Crippen molar-refractivity contribution in [3.05, 3.63) is 17.2 Å². The summed E-state index contributed by atoms with van der Waals surface area (Å²) in [6.45, 7) is 0.290. The molecule has 3 rings (SSSR count). The second-order valence-electron chi connectivity index (χ2n) is 5.02. The molecule has 4 heteroatoms. The third-order valence-corrected chi connectivity index (χ3v) is 3.99. The summed E-state index contributed by atoms with van der Waals surface area (Å²) >= 11 is 6.27. The van der Waals surface area contributed by atoms with Crippen molar-refractivity contribution in [3.8, 4) is 11.5 Å². The molecule has 2 aliphatic rings. The molecular weight excluding hydrogens is 250 g/mol. The summed E-state index contributed by atoms with van der Waals surface area (Å²) in [5, 5.41) is 4.26. The molecule has 0 amide bonds. The lowest BCUT2D eigenvalue weighted by Gasteiger charge is -2.18. The van der Waals surface area contributed by atoms with Crippen LogP contribution in [0.5, 0.6) is 11.5 Å². The Hall–Kier alpha value is -1.09. The molecule has 98 valence electrons. The van der Waals surface area contributed by atoms with Crippen molar-refractivity contribution >= 4 is 17.3 Å². The molecule has 1 heterocycles. The first-order valence-corrected chi connectivity index (χ1v) is 7.06. The van der Waals surface area contributed by atoms with Crippen molar-refractivity contribution in [1.82, 2.24) is 0 Å². The van der Waals surface area contributed by atoms with Gasteiger partial charge in [-0.05, 0) is 12.8 Å². The van der Waals surface area contributed by atoms with Crippen molar-refractivity contribution in [3.63, 3.8) is 0 Å². The van der Waals surface area contributed by atoms with E-state index in [-0.39, 0.29) is 0 Å². The van der Waals surface area contributed by atoms with Crippen LogP contribution in [0.25, 0.3) is 0 Å². The van der Waals surface area contributed by atoms with E-state index in [1.54, 1.807) is 0 Å². The van der Waals surface area contributed by atoms with E-state index in [4.69, 9.17) is 21.1 Å². The van der Waals surface area contributed by atoms with E-state index in [1.165, 1.54) is 38.5 Å². The van der Waals surface area contributed by atoms with Crippen LogP contribution in [0.3, 0.4) is 0 Å². The minimum absolute atomic E-state index is 0.290. The zero-order valence-corrected chi connectivity index (χ0v) is 11.1. The van der Waals surface area contributed by atoms with Crippen LogP contribution in [0.2, 0.25) is 5.02 Å². The molecule has 0 saturated heterocycles. The van der Waals surface area contributed by atoms with Gasteiger partial charge in [0.2, 0.25) is 6.79 Å². The molecule has 1 aliphatic heterocycles. The van der Waals surface area contributed by atoms with Crippen LogP contribution in [0.1, 0.15) is 38.5 Å². The van der Waals surface area contributed by atoms with Crippen LogP contribution in [0.15, 0.2) is 12.1 Å². The zero-order chi connectivity index (χ0) is 12.4. The second kappa shape index (κ2) is 5.27. The van der Waals surface area contributed by atoms with Crippen LogP contribution in [0.4, 0.5) is 5.69 Å². The number of anilines is 1. The van der Waals surface area contributed by atoms with Gasteiger partial charge in [-0.1, -0.05) is 37.3 Å². The number of benzene rings is 1. The lowest BCUT2D eigenvalue weighted by atomic mass is 10.1. The lowest BCUT2D eigenvalue weighted by Crippen LogP contribution is -2.18. The van der Waals surface area contributed by atoms with E-state index >= 15 is 0 Å². The highest BCUT2D eigenvalue weighted by Gasteiger charge is 2.19. The minimum Gasteiger partial charge on any atom is -0.454 e. The first kappa shape index (κ1) is 12.0. The largest absolute Gasteiger partial charge is 0.454 e. The van der Waals surface area contributed by atoms with Crippen LogP contribution < -0.4 is 14.8 Å². The third kappa shape index (κ3) is 2.51. The van der Waals surface area contributed by atoms with Gasteiger partial charge in [-0.25, -0.2) is 0 Å². The van der Waals surface area contributed by atoms with Crippen molar-refractivity contribution < 1.29 is 9.47 Å². The quantitative estimate of drug-likeness (QED) is 0.815. The molecule has 1 aromatic carbocycles. The SMILES string of the molecule is Clc1cc2c(cc1NC1CCCCCC1)OCO2. The minimum atomic E-state index is 0.290. The maximum atomic E-state index is 6.27. The van der Waals surface area contributed by atoms with Crippen LogP contribution in [-0.2, 0) is 0 Å². The molecule has 1 fully saturated rings. The highest BCUT2D eigenvalue weighted by molar-refractivity contribution is 6.33. The normalized spacial score (nSPS) is 19.6. The van der Waals surface area contributed by atoms with Crippen molar-refractivity contribution in [2.45, 2.75) is 44.6 Å². The number of hydrogen-bond donors (Lipinski definition) is 1. The number of ether oxygens (including phenoxy) is 2. The molecule has 0 unspecified atom stereocenters. The molecule has 0 spiro atoms. The summed E-state index contributed by atoms with van der Waals surface area (Å²) in [7, 11) is 0. The molecule has 1 aromatic rings. The third-order valence-electron chi connectivity index (χ3n) is 3.68. The Labute approximate surface area is 112 Å². The fourth-order valence-corrected chi connectivity index (χ4v) is 2.88. The van der Waals surface area contributed by atoms with Crippen LogP contribution in [-0.4, -0.2) is 12.8 Å². The lowest BCUT2D eigenvalue weighted by molar-refractivity contribution is 0.174. The topological polar surface area (TPSA) is 30.5 Å². The smallest absolute Gasteiger partial charge is 0.231 e. The van der Waals surface area contributed by atoms with E-state index in [1.807, 2.05) is 12.1 Å². The van der Waals surface area contributed by atoms with Crippen LogP contribution in [0, 0.1) is 0 Å². The van der Waals surface area contributed by atoms with Crippen LogP contribution >= 0.6 is 11.6 Å². The second-order valence-corrected chi connectivity index (χ2v) is 5.43. The zero-order valence-electron chi connectivity index (χ0n) is 10.4. The Kier molecular flexibility index (Phi) is 3.50. The van der Waals surface area contributed by atoms with Gasteiger partial charge in [-0.3, -0.25) is 0 Å². The van der Waals surface area contributed by atoms with Crippen molar-refractivity contribution in [2.75, 3.05) is 12.1 Å². The van der Waals surface area contributed by atoms with E-state index in [0.29, 0.717) is 17.9 Å². The first-order chi connectivity index (χ1) is 8.83. The summed E-state index contributed by atoms with van der Waals surface area (Å²) in [4.78, 5) is 0.